The molecule has 2 saturated carbocycles. The van der Waals surface area contributed by atoms with E-state index in [1.807, 2.05) is 0 Å². The van der Waals surface area contributed by atoms with Crippen molar-refractivity contribution in [2.75, 3.05) is 20.6 Å². The first-order valence-electron chi connectivity index (χ1n) is 6.04. The van der Waals surface area contributed by atoms with Gasteiger partial charge >= 0.3 is 0 Å². The molecular formula is C13H24ClNO. The van der Waals surface area contributed by atoms with Gasteiger partial charge in [0.25, 0.3) is 0 Å². The molecule has 0 aromatic rings. The van der Waals surface area contributed by atoms with Gasteiger partial charge in [-0.05, 0) is 37.8 Å². The van der Waals surface area contributed by atoms with Crippen molar-refractivity contribution in [2.24, 2.45) is 29.1 Å². The van der Waals surface area contributed by atoms with E-state index in [1.54, 1.807) is 0 Å². The molecular weight excluding hydrogens is 222 g/mol. The number of hydrogen-bond donors (Lipinski definition) is 0. The fourth-order valence-corrected chi connectivity index (χ4v) is 3.77. The first kappa shape index (κ1) is 14.0. The highest BCUT2D eigenvalue weighted by Crippen LogP contribution is 2.59. The molecule has 0 aliphatic heterocycles. The lowest BCUT2D eigenvalue weighted by Crippen LogP contribution is -2.43. The van der Waals surface area contributed by atoms with Crippen molar-refractivity contribution < 1.29 is 4.79 Å². The Morgan fingerprint density at radius 1 is 1.38 bits per heavy atom. The Hall–Kier alpha value is -0.0800. The number of rotatable bonds is 2. The minimum absolute atomic E-state index is 0. The monoisotopic (exact) mass is 245 g/mol. The maximum atomic E-state index is 12.2. The minimum Gasteiger partial charge on any atom is -0.309 e. The predicted molar refractivity (Wildman–Crippen MR) is 68.8 cm³/mol. The van der Waals surface area contributed by atoms with E-state index >= 15 is 0 Å². The summed E-state index contributed by atoms with van der Waals surface area (Å²) in [6, 6.07) is 0. The van der Waals surface area contributed by atoms with Crippen LogP contribution in [0.25, 0.3) is 0 Å². The summed E-state index contributed by atoms with van der Waals surface area (Å²) < 4.78 is 0. The fourth-order valence-electron chi connectivity index (χ4n) is 3.77. The molecule has 0 radical (unpaired) electrons. The molecule has 0 spiro atoms. The van der Waals surface area contributed by atoms with Gasteiger partial charge in [-0.1, -0.05) is 20.8 Å². The van der Waals surface area contributed by atoms with Gasteiger partial charge in [0.1, 0.15) is 5.78 Å². The summed E-state index contributed by atoms with van der Waals surface area (Å²) in [6.45, 7) is 7.89. The summed E-state index contributed by atoms with van der Waals surface area (Å²) in [7, 11) is 4.13. The molecule has 3 unspecified atom stereocenters. The first-order chi connectivity index (χ1) is 6.85. The third-order valence-electron chi connectivity index (χ3n) is 5.02. The Morgan fingerprint density at radius 3 is 2.38 bits per heavy atom. The highest BCUT2D eigenvalue weighted by Gasteiger charge is 2.59. The number of nitrogens with zero attached hydrogens (tertiary/aromatic N) is 1. The van der Waals surface area contributed by atoms with E-state index in [0.717, 1.165) is 13.0 Å². The highest BCUT2D eigenvalue weighted by atomic mass is 35.5. The second-order valence-corrected chi connectivity index (χ2v) is 6.33. The van der Waals surface area contributed by atoms with Crippen LogP contribution in [0.2, 0.25) is 0 Å². The fraction of sp³-hybridized carbons (Fsp3) is 0.923. The van der Waals surface area contributed by atoms with Gasteiger partial charge < -0.3 is 4.90 Å². The Labute approximate surface area is 105 Å². The normalized spacial score (nSPS) is 40.2. The predicted octanol–water partition coefficient (Wildman–Crippen LogP) is 2.47. The van der Waals surface area contributed by atoms with Gasteiger partial charge in [-0.25, -0.2) is 0 Å². The lowest BCUT2D eigenvalue weighted by atomic mass is 9.65. The van der Waals surface area contributed by atoms with Crippen LogP contribution in [0.4, 0.5) is 0 Å². The maximum absolute atomic E-state index is 12.2. The van der Waals surface area contributed by atoms with Gasteiger partial charge in [-0.3, -0.25) is 4.79 Å². The van der Waals surface area contributed by atoms with E-state index in [1.165, 1.54) is 0 Å². The van der Waals surface area contributed by atoms with Crippen molar-refractivity contribution in [1.29, 1.82) is 0 Å². The number of ketones is 1. The molecule has 2 nitrogen and oxygen atoms in total. The van der Waals surface area contributed by atoms with E-state index in [0.29, 0.717) is 34.9 Å². The second-order valence-electron chi connectivity index (χ2n) is 6.33. The number of carbonyl (C=O) groups is 1. The van der Waals surface area contributed by atoms with E-state index < -0.39 is 0 Å². The van der Waals surface area contributed by atoms with Crippen LogP contribution in [-0.2, 0) is 4.79 Å². The summed E-state index contributed by atoms with van der Waals surface area (Å²) in [5.41, 5.74) is 0.360. The van der Waals surface area contributed by atoms with Crippen LogP contribution in [0.3, 0.4) is 0 Å². The van der Waals surface area contributed by atoms with E-state index in [9.17, 15) is 4.79 Å². The topological polar surface area (TPSA) is 20.3 Å². The largest absolute Gasteiger partial charge is 0.309 e. The van der Waals surface area contributed by atoms with E-state index in [4.69, 9.17) is 0 Å². The summed E-state index contributed by atoms with van der Waals surface area (Å²) in [4.78, 5) is 14.3. The molecule has 2 fully saturated rings. The number of fused-ring (bicyclic) bond motifs is 2. The van der Waals surface area contributed by atoms with Crippen LogP contribution in [0.15, 0.2) is 0 Å². The average Bonchev–Trinajstić information content (AvgIpc) is 2.52. The quantitative estimate of drug-likeness (QED) is 0.745. The zero-order chi connectivity index (χ0) is 11.4. The van der Waals surface area contributed by atoms with Crippen molar-refractivity contribution in [3.05, 3.63) is 0 Å². The molecule has 3 heteroatoms. The molecule has 2 aliphatic carbocycles. The van der Waals surface area contributed by atoms with Gasteiger partial charge in [-0.15, -0.1) is 12.4 Å². The molecule has 2 bridgehead atoms. The number of hydrogen-bond acceptors (Lipinski definition) is 2. The molecule has 4 atom stereocenters. The third kappa shape index (κ3) is 1.80. The van der Waals surface area contributed by atoms with Gasteiger partial charge in [0.15, 0.2) is 0 Å². The standard InChI is InChI=1S/C13H23NO.ClH/c1-8-9-6-11(13(8,2)3)10(12(9)15)7-14(4)5;/h8-11H,6-7H2,1-5H3;1H/t8?,9?,10-,11?;/m0./s1. The smallest absolute Gasteiger partial charge is 0.140 e. The van der Waals surface area contributed by atoms with Crippen molar-refractivity contribution >= 4 is 18.2 Å². The van der Waals surface area contributed by atoms with Crippen LogP contribution in [0.5, 0.6) is 0 Å². The summed E-state index contributed by atoms with van der Waals surface area (Å²) in [6.07, 6.45) is 1.14. The Balaban J connectivity index is 0.00000128. The van der Waals surface area contributed by atoms with Gasteiger partial charge in [0.2, 0.25) is 0 Å². The molecule has 2 rings (SSSR count). The first-order valence-corrected chi connectivity index (χ1v) is 6.04. The third-order valence-corrected chi connectivity index (χ3v) is 5.02. The van der Waals surface area contributed by atoms with Gasteiger partial charge in [-0.2, -0.15) is 0 Å². The zero-order valence-corrected chi connectivity index (χ0v) is 11.8. The maximum Gasteiger partial charge on any atom is 0.140 e. The van der Waals surface area contributed by atoms with Gasteiger partial charge in [0.05, 0.1) is 0 Å². The zero-order valence-electron chi connectivity index (χ0n) is 11.0. The lowest BCUT2D eigenvalue weighted by Gasteiger charge is -2.40. The summed E-state index contributed by atoms with van der Waals surface area (Å²) in [5.74, 6) is 2.40. The molecule has 0 N–H and O–H groups in total. The lowest BCUT2D eigenvalue weighted by molar-refractivity contribution is -0.131. The SMILES string of the molecule is CC1C2CC([C@H](CN(C)C)C2=O)C1(C)C.Cl. The molecule has 0 amide bonds. The minimum atomic E-state index is 0. The van der Waals surface area contributed by atoms with Crippen molar-refractivity contribution in [3.8, 4) is 0 Å². The molecule has 94 valence electrons. The van der Waals surface area contributed by atoms with Crippen LogP contribution >= 0.6 is 12.4 Å². The number of carbonyl (C=O) groups excluding carboxylic acids is 1. The number of Topliss-reactive ketones (excluding diaryl/α,β-unsaturated/α-hetero) is 1. The molecule has 0 heterocycles. The molecule has 0 aromatic carbocycles. The van der Waals surface area contributed by atoms with E-state index in [-0.39, 0.29) is 12.4 Å². The van der Waals surface area contributed by atoms with Crippen molar-refractivity contribution in [3.63, 3.8) is 0 Å². The highest BCUT2D eigenvalue weighted by molar-refractivity contribution is 5.88. The van der Waals surface area contributed by atoms with Crippen LogP contribution in [0, 0.1) is 29.1 Å². The molecule has 0 aromatic heterocycles. The van der Waals surface area contributed by atoms with Crippen LogP contribution in [-0.4, -0.2) is 31.3 Å². The second kappa shape index (κ2) is 4.30. The Morgan fingerprint density at radius 2 is 1.94 bits per heavy atom. The van der Waals surface area contributed by atoms with E-state index in [2.05, 4.69) is 39.8 Å². The Kier molecular flexibility index (Phi) is 3.76. The van der Waals surface area contributed by atoms with Crippen LogP contribution < -0.4 is 0 Å². The van der Waals surface area contributed by atoms with Gasteiger partial charge in [0, 0.05) is 18.4 Å². The summed E-state index contributed by atoms with van der Waals surface area (Å²) in [5, 5.41) is 0. The van der Waals surface area contributed by atoms with Crippen molar-refractivity contribution in [1.82, 2.24) is 4.90 Å². The van der Waals surface area contributed by atoms with Crippen molar-refractivity contribution in [2.45, 2.75) is 27.2 Å². The molecule has 2 aliphatic rings. The Bertz CT molecular complexity index is 288. The van der Waals surface area contributed by atoms with Crippen LogP contribution in [0.1, 0.15) is 27.2 Å². The average molecular weight is 246 g/mol. The number of halogens is 1. The summed E-state index contributed by atoms with van der Waals surface area (Å²) >= 11 is 0. The molecule has 0 saturated heterocycles. The molecule has 16 heavy (non-hydrogen) atoms.